The highest BCUT2D eigenvalue weighted by Crippen LogP contribution is 2.19. The molecule has 1 aromatic heterocycles. The third-order valence-electron chi connectivity index (χ3n) is 1.48. The fourth-order valence-corrected chi connectivity index (χ4v) is 1.57. The van der Waals surface area contributed by atoms with Crippen LogP contribution in [0.4, 0.5) is 0 Å². The zero-order chi connectivity index (χ0) is 8.27. The molecule has 11 heavy (non-hydrogen) atoms. The van der Waals surface area contributed by atoms with Gasteiger partial charge in [0.2, 0.25) is 0 Å². The minimum absolute atomic E-state index is 0.0836. The monoisotopic (exact) mass is 172 g/mol. The van der Waals surface area contributed by atoms with Crippen LogP contribution in [0.25, 0.3) is 0 Å². The Morgan fingerprint density at radius 1 is 1.82 bits per heavy atom. The van der Waals surface area contributed by atoms with E-state index in [1.165, 1.54) is 0 Å². The molecule has 0 saturated heterocycles. The molecule has 4 heteroatoms. The first kappa shape index (κ1) is 8.64. The summed E-state index contributed by atoms with van der Waals surface area (Å²) < 4.78 is 5.10. The molecule has 0 aliphatic carbocycles. The van der Waals surface area contributed by atoms with Gasteiger partial charge < -0.3 is 10.5 Å². The zero-order valence-electron chi connectivity index (χ0n) is 6.70. The highest BCUT2D eigenvalue weighted by molar-refractivity contribution is 7.09. The average molecular weight is 172 g/mol. The Kier molecular flexibility index (Phi) is 2.99. The fraction of sp³-hybridized carbons (Fsp3) is 0.571. The summed E-state index contributed by atoms with van der Waals surface area (Å²) in [5.74, 6) is 0. The van der Waals surface area contributed by atoms with Gasteiger partial charge in [-0.05, 0) is 6.92 Å². The lowest BCUT2D eigenvalue weighted by Crippen LogP contribution is -1.99. The highest BCUT2D eigenvalue weighted by Gasteiger charge is 2.07. The molecule has 3 nitrogen and oxygen atoms in total. The van der Waals surface area contributed by atoms with E-state index in [1.54, 1.807) is 18.4 Å². The maximum Gasteiger partial charge on any atom is 0.122 e. The second-order valence-corrected chi connectivity index (χ2v) is 3.15. The van der Waals surface area contributed by atoms with E-state index in [9.17, 15) is 0 Å². The van der Waals surface area contributed by atoms with E-state index in [4.69, 9.17) is 10.5 Å². The van der Waals surface area contributed by atoms with Gasteiger partial charge in [-0.15, -0.1) is 11.3 Å². The molecule has 0 unspecified atom stereocenters. The molecule has 0 amide bonds. The number of nitrogens with zero attached hydrogens (tertiary/aromatic N) is 1. The van der Waals surface area contributed by atoms with Crippen LogP contribution in [0.5, 0.6) is 0 Å². The Bertz CT molecular complexity index is 224. The van der Waals surface area contributed by atoms with E-state index in [-0.39, 0.29) is 6.10 Å². The predicted molar refractivity (Wildman–Crippen MR) is 45.4 cm³/mol. The SMILES string of the molecule is CO[C@@H](C)c1nc(CN)cs1. The Morgan fingerprint density at radius 2 is 2.55 bits per heavy atom. The van der Waals surface area contributed by atoms with Crippen LogP contribution in [0.15, 0.2) is 5.38 Å². The van der Waals surface area contributed by atoms with Crippen LogP contribution in [0.3, 0.4) is 0 Å². The maximum atomic E-state index is 5.41. The summed E-state index contributed by atoms with van der Waals surface area (Å²) in [5, 5.41) is 2.96. The van der Waals surface area contributed by atoms with Crippen molar-refractivity contribution in [1.29, 1.82) is 0 Å². The summed E-state index contributed by atoms with van der Waals surface area (Å²) in [6.45, 7) is 2.48. The van der Waals surface area contributed by atoms with Crippen molar-refractivity contribution in [3.05, 3.63) is 16.1 Å². The summed E-state index contributed by atoms with van der Waals surface area (Å²) in [7, 11) is 1.67. The second kappa shape index (κ2) is 3.80. The molecule has 0 bridgehead atoms. The van der Waals surface area contributed by atoms with Gasteiger partial charge in [0.1, 0.15) is 11.1 Å². The molecule has 0 aromatic carbocycles. The van der Waals surface area contributed by atoms with Crippen LogP contribution in [-0.4, -0.2) is 12.1 Å². The van der Waals surface area contributed by atoms with Crippen molar-refractivity contribution in [2.24, 2.45) is 5.73 Å². The largest absolute Gasteiger partial charge is 0.375 e. The molecular formula is C7H12N2OS. The predicted octanol–water partition coefficient (Wildman–Crippen LogP) is 1.31. The topological polar surface area (TPSA) is 48.1 Å². The quantitative estimate of drug-likeness (QED) is 0.747. The summed E-state index contributed by atoms with van der Waals surface area (Å²) >= 11 is 1.59. The van der Waals surface area contributed by atoms with Crippen LogP contribution in [0.2, 0.25) is 0 Å². The molecule has 1 heterocycles. The van der Waals surface area contributed by atoms with E-state index in [1.807, 2.05) is 12.3 Å². The van der Waals surface area contributed by atoms with Gasteiger partial charge in [-0.25, -0.2) is 4.98 Å². The summed E-state index contributed by atoms with van der Waals surface area (Å²) in [4.78, 5) is 4.27. The molecule has 0 saturated carbocycles. The molecule has 0 aliphatic rings. The molecule has 1 rings (SSSR count). The van der Waals surface area contributed by atoms with Crippen molar-refractivity contribution in [3.63, 3.8) is 0 Å². The van der Waals surface area contributed by atoms with Gasteiger partial charge in [0.05, 0.1) is 5.69 Å². The van der Waals surface area contributed by atoms with Crippen LogP contribution in [0, 0.1) is 0 Å². The third kappa shape index (κ3) is 1.99. The van der Waals surface area contributed by atoms with Gasteiger partial charge in [-0.2, -0.15) is 0 Å². The van der Waals surface area contributed by atoms with Crippen LogP contribution in [-0.2, 0) is 11.3 Å². The van der Waals surface area contributed by atoms with Gasteiger partial charge in [-0.3, -0.25) is 0 Å². The molecule has 0 fully saturated rings. The standard InChI is InChI=1S/C7H12N2OS/c1-5(10-2)7-9-6(3-8)4-11-7/h4-5H,3,8H2,1-2H3/t5-/m0/s1. The second-order valence-electron chi connectivity index (χ2n) is 2.26. The van der Waals surface area contributed by atoms with E-state index >= 15 is 0 Å². The Balaban J connectivity index is 2.71. The summed E-state index contributed by atoms with van der Waals surface area (Å²) in [6, 6.07) is 0. The van der Waals surface area contributed by atoms with Crippen molar-refractivity contribution >= 4 is 11.3 Å². The number of hydrogen-bond acceptors (Lipinski definition) is 4. The lowest BCUT2D eigenvalue weighted by atomic mass is 10.4. The fourth-order valence-electron chi connectivity index (χ4n) is 0.704. The number of ether oxygens (including phenoxy) is 1. The van der Waals surface area contributed by atoms with Gasteiger partial charge in [0.25, 0.3) is 0 Å². The minimum Gasteiger partial charge on any atom is -0.375 e. The van der Waals surface area contributed by atoms with Gasteiger partial charge in [0.15, 0.2) is 0 Å². The maximum absolute atomic E-state index is 5.41. The van der Waals surface area contributed by atoms with Crippen molar-refractivity contribution in [2.45, 2.75) is 19.6 Å². The van der Waals surface area contributed by atoms with Crippen LogP contribution >= 0.6 is 11.3 Å². The number of thiazole rings is 1. The first-order valence-corrected chi connectivity index (χ1v) is 4.33. The van der Waals surface area contributed by atoms with E-state index in [0.29, 0.717) is 6.54 Å². The van der Waals surface area contributed by atoms with Gasteiger partial charge >= 0.3 is 0 Å². The molecule has 0 radical (unpaired) electrons. The third-order valence-corrected chi connectivity index (χ3v) is 2.53. The molecule has 0 spiro atoms. The van der Waals surface area contributed by atoms with Crippen molar-refractivity contribution in [2.75, 3.05) is 7.11 Å². The Morgan fingerprint density at radius 3 is 3.00 bits per heavy atom. The van der Waals surface area contributed by atoms with Crippen LogP contribution < -0.4 is 5.73 Å². The molecule has 0 aliphatic heterocycles. The zero-order valence-corrected chi connectivity index (χ0v) is 7.52. The summed E-state index contributed by atoms with van der Waals surface area (Å²) in [6.07, 6.45) is 0.0836. The first-order valence-electron chi connectivity index (χ1n) is 3.45. The number of methoxy groups -OCH3 is 1. The Labute approximate surface area is 70.2 Å². The first-order chi connectivity index (χ1) is 5.27. The average Bonchev–Trinajstić information content (AvgIpc) is 2.50. The molecule has 1 aromatic rings. The van der Waals surface area contributed by atoms with Crippen molar-refractivity contribution < 1.29 is 4.74 Å². The molecule has 2 N–H and O–H groups in total. The normalized spacial score (nSPS) is 13.4. The highest BCUT2D eigenvalue weighted by atomic mass is 32.1. The van der Waals surface area contributed by atoms with Crippen LogP contribution in [0.1, 0.15) is 23.7 Å². The summed E-state index contributed by atoms with van der Waals surface area (Å²) in [5.41, 5.74) is 6.35. The van der Waals surface area contributed by atoms with Crippen molar-refractivity contribution in [3.8, 4) is 0 Å². The van der Waals surface area contributed by atoms with Gasteiger partial charge in [-0.1, -0.05) is 0 Å². The number of hydrogen-bond donors (Lipinski definition) is 1. The van der Waals surface area contributed by atoms with E-state index < -0.39 is 0 Å². The molecular weight excluding hydrogens is 160 g/mol. The van der Waals surface area contributed by atoms with E-state index in [0.717, 1.165) is 10.7 Å². The number of rotatable bonds is 3. The molecule has 1 atom stereocenters. The molecule has 62 valence electrons. The number of nitrogens with two attached hydrogens (primary N) is 1. The van der Waals surface area contributed by atoms with Crippen molar-refractivity contribution in [1.82, 2.24) is 4.98 Å². The smallest absolute Gasteiger partial charge is 0.122 e. The lowest BCUT2D eigenvalue weighted by molar-refractivity contribution is 0.119. The lowest BCUT2D eigenvalue weighted by Gasteiger charge is -2.03. The number of aromatic nitrogens is 1. The van der Waals surface area contributed by atoms with Gasteiger partial charge in [0, 0.05) is 19.0 Å². The van der Waals surface area contributed by atoms with E-state index in [2.05, 4.69) is 4.98 Å². The minimum atomic E-state index is 0.0836. The Hall–Kier alpha value is -0.450.